The predicted octanol–water partition coefficient (Wildman–Crippen LogP) is 2.27. The quantitative estimate of drug-likeness (QED) is 0.668. The molecule has 0 unspecified atom stereocenters. The van der Waals surface area contributed by atoms with Crippen LogP contribution in [0, 0.1) is 0 Å². The van der Waals surface area contributed by atoms with E-state index < -0.39 is 0 Å². The summed E-state index contributed by atoms with van der Waals surface area (Å²) >= 11 is 0. The Kier molecular flexibility index (Phi) is 7.70. The summed E-state index contributed by atoms with van der Waals surface area (Å²) in [7, 11) is 6.06. The molecule has 0 radical (unpaired) electrons. The maximum absolute atomic E-state index is 12.5. The summed E-state index contributed by atoms with van der Waals surface area (Å²) in [4.78, 5) is 24.9. The molecule has 0 fully saturated rings. The topological polar surface area (TPSA) is 95.1 Å². The lowest BCUT2D eigenvalue weighted by molar-refractivity contribution is 0.0911. The molecule has 8 nitrogen and oxygen atoms in total. The van der Waals surface area contributed by atoms with Crippen molar-refractivity contribution in [2.75, 3.05) is 35.0 Å². The molecule has 0 spiro atoms. The van der Waals surface area contributed by atoms with E-state index >= 15 is 0 Å². The SMILES string of the molecule is COc1cc(OC)cc(C(=O)NC[C@@H](C)NC(=O)c2cc(OC)cc(OC)c2)c1. The van der Waals surface area contributed by atoms with Crippen LogP contribution in [-0.4, -0.2) is 52.8 Å². The second-order valence-electron chi connectivity index (χ2n) is 6.29. The van der Waals surface area contributed by atoms with Gasteiger partial charge < -0.3 is 29.6 Å². The van der Waals surface area contributed by atoms with Gasteiger partial charge in [-0.15, -0.1) is 0 Å². The molecular formula is C21H26N2O6. The molecule has 2 N–H and O–H groups in total. The van der Waals surface area contributed by atoms with Crippen LogP contribution in [0.3, 0.4) is 0 Å². The third kappa shape index (κ3) is 6.03. The van der Waals surface area contributed by atoms with Gasteiger partial charge in [-0.25, -0.2) is 0 Å². The highest BCUT2D eigenvalue weighted by Crippen LogP contribution is 2.23. The van der Waals surface area contributed by atoms with E-state index in [4.69, 9.17) is 18.9 Å². The van der Waals surface area contributed by atoms with Gasteiger partial charge in [0.1, 0.15) is 23.0 Å². The van der Waals surface area contributed by atoms with Crippen molar-refractivity contribution in [1.29, 1.82) is 0 Å². The molecule has 0 heterocycles. The Morgan fingerprint density at radius 1 is 0.724 bits per heavy atom. The van der Waals surface area contributed by atoms with Crippen molar-refractivity contribution in [3.8, 4) is 23.0 Å². The van der Waals surface area contributed by atoms with Crippen molar-refractivity contribution in [2.45, 2.75) is 13.0 Å². The van der Waals surface area contributed by atoms with E-state index in [1.54, 1.807) is 43.3 Å². The third-order valence-corrected chi connectivity index (χ3v) is 4.17. The summed E-state index contributed by atoms with van der Waals surface area (Å²) in [6, 6.07) is 9.52. The molecule has 2 aromatic carbocycles. The lowest BCUT2D eigenvalue weighted by Crippen LogP contribution is -2.41. The van der Waals surface area contributed by atoms with Gasteiger partial charge in [-0.2, -0.15) is 0 Å². The molecule has 0 saturated carbocycles. The van der Waals surface area contributed by atoms with Gasteiger partial charge >= 0.3 is 0 Å². The Balaban J connectivity index is 1.98. The van der Waals surface area contributed by atoms with Crippen LogP contribution in [-0.2, 0) is 0 Å². The normalized spacial score (nSPS) is 11.2. The number of hydrogen-bond donors (Lipinski definition) is 2. The largest absolute Gasteiger partial charge is 0.497 e. The number of benzene rings is 2. The summed E-state index contributed by atoms with van der Waals surface area (Å²) in [5, 5.41) is 5.63. The molecule has 156 valence electrons. The number of nitrogens with one attached hydrogen (secondary N) is 2. The number of amides is 2. The number of ether oxygens (including phenoxy) is 4. The molecule has 0 bridgehead atoms. The molecule has 0 aliphatic heterocycles. The van der Waals surface area contributed by atoms with Gasteiger partial charge in [0, 0.05) is 35.8 Å². The predicted molar refractivity (Wildman–Crippen MR) is 108 cm³/mol. The Morgan fingerprint density at radius 2 is 1.10 bits per heavy atom. The highest BCUT2D eigenvalue weighted by Gasteiger charge is 2.15. The number of carbonyl (C=O) groups is 2. The van der Waals surface area contributed by atoms with E-state index in [1.807, 2.05) is 0 Å². The molecule has 0 aliphatic carbocycles. The van der Waals surface area contributed by atoms with Gasteiger partial charge in [-0.3, -0.25) is 9.59 Å². The van der Waals surface area contributed by atoms with Crippen LogP contribution in [0.5, 0.6) is 23.0 Å². The van der Waals surface area contributed by atoms with Crippen LogP contribution in [0.25, 0.3) is 0 Å². The minimum atomic E-state index is -0.309. The van der Waals surface area contributed by atoms with Crippen molar-refractivity contribution >= 4 is 11.8 Å². The Bertz CT molecular complexity index is 824. The van der Waals surface area contributed by atoms with Gasteiger partial charge in [-0.1, -0.05) is 0 Å². The number of rotatable bonds is 9. The fraction of sp³-hybridized carbons (Fsp3) is 0.333. The first-order chi connectivity index (χ1) is 13.9. The van der Waals surface area contributed by atoms with Gasteiger partial charge in [0.25, 0.3) is 11.8 Å². The van der Waals surface area contributed by atoms with E-state index in [-0.39, 0.29) is 24.4 Å². The molecular weight excluding hydrogens is 376 g/mol. The fourth-order valence-electron chi connectivity index (χ4n) is 2.58. The zero-order chi connectivity index (χ0) is 21.4. The molecule has 2 aromatic rings. The Labute approximate surface area is 170 Å². The lowest BCUT2D eigenvalue weighted by Gasteiger charge is -2.16. The van der Waals surface area contributed by atoms with Crippen molar-refractivity contribution in [1.82, 2.24) is 10.6 Å². The molecule has 0 aliphatic rings. The molecule has 8 heteroatoms. The van der Waals surface area contributed by atoms with Crippen molar-refractivity contribution in [3.05, 3.63) is 47.5 Å². The molecule has 2 rings (SSSR count). The minimum Gasteiger partial charge on any atom is -0.497 e. The average molecular weight is 402 g/mol. The van der Waals surface area contributed by atoms with Crippen LogP contribution in [0.1, 0.15) is 27.6 Å². The second-order valence-corrected chi connectivity index (χ2v) is 6.29. The highest BCUT2D eigenvalue weighted by atomic mass is 16.5. The number of carbonyl (C=O) groups excluding carboxylic acids is 2. The van der Waals surface area contributed by atoms with Gasteiger partial charge in [-0.05, 0) is 31.2 Å². The van der Waals surface area contributed by atoms with Crippen molar-refractivity contribution in [2.24, 2.45) is 0 Å². The Hall–Kier alpha value is -3.42. The standard InChI is InChI=1S/C21H26N2O6/c1-13(23-21(25)15-8-18(28-4)11-19(9-15)29-5)12-22-20(24)14-6-16(26-2)10-17(7-14)27-3/h6-11,13H,12H2,1-5H3,(H,22,24)(H,23,25)/t13-/m1/s1. The summed E-state index contributed by atoms with van der Waals surface area (Å²) in [5.41, 5.74) is 0.800. The van der Waals surface area contributed by atoms with Gasteiger partial charge in [0.2, 0.25) is 0 Å². The highest BCUT2D eigenvalue weighted by molar-refractivity contribution is 5.96. The smallest absolute Gasteiger partial charge is 0.251 e. The van der Waals surface area contributed by atoms with Gasteiger partial charge in [0.15, 0.2) is 0 Å². The molecule has 29 heavy (non-hydrogen) atoms. The molecule has 1 atom stereocenters. The lowest BCUT2D eigenvalue weighted by atomic mass is 10.1. The van der Waals surface area contributed by atoms with Crippen LogP contribution in [0.15, 0.2) is 36.4 Å². The van der Waals surface area contributed by atoms with E-state index in [2.05, 4.69) is 10.6 Å². The summed E-state index contributed by atoms with van der Waals surface area (Å²) in [6.07, 6.45) is 0. The van der Waals surface area contributed by atoms with E-state index in [9.17, 15) is 9.59 Å². The average Bonchev–Trinajstić information content (AvgIpc) is 2.76. The summed E-state index contributed by atoms with van der Waals surface area (Å²) in [5.74, 6) is 1.47. The van der Waals surface area contributed by atoms with E-state index in [0.717, 1.165) is 0 Å². The summed E-state index contributed by atoms with van der Waals surface area (Å²) < 4.78 is 20.7. The van der Waals surface area contributed by atoms with Crippen LogP contribution in [0.2, 0.25) is 0 Å². The second kappa shape index (κ2) is 10.2. The van der Waals surface area contributed by atoms with E-state index in [1.165, 1.54) is 28.4 Å². The van der Waals surface area contributed by atoms with Crippen LogP contribution in [0.4, 0.5) is 0 Å². The monoisotopic (exact) mass is 402 g/mol. The first-order valence-electron chi connectivity index (χ1n) is 8.95. The zero-order valence-electron chi connectivity index (χ0n) is 17.2. The van der Waals surface area contributed by atoms with Crippen LogP contribution < -0.4 is 29.6 Å². The third-order valence-electron chi connectivity index (χ3n) is 4.17. The molecule has 0 saturated heterocycles. The number of methoxy groups -OCH3 is 4. The Morgan fingerprint density at radius 3 is 1.48 bits per heavy atom. The van der Waals surface area contributed by atoms with Gasteiger partial charge in [0.05, 0.1) is 28.4 Å². The molecule has 2 amide bonds. The van der Waals surface area contributed by atoms with Crippen molar-refractivity contribution < 1.29 is 28.5 Å². The maximum Gasteiger partial charge on any atom is 0.251 e. The zero-order valence-corrected chi connectivity index (χ0v) is 17.2. The number of hydrogen-bond acceptors (Lipinski definition) is 6. The maximum atomic E-state index is 12.5. The van der Waals surface area contributed by atoms with Crippen molar-refractivity contribution in [3.63, 3.8) is 0 Å². The summed E-state index contributed by atoms with van der Waals surface area (Å²) in [6.45, 7) is 2.03. The van der Waals surface area contributed by atoms with E-state index in [0.29, 0.717) is 34.1 Å². The fourth-order valence-corrected chi connectivity index (χ4v) is 2.58. The van der Waals surface area contributed by atoms with Crippen LogP contribution >= 0.6 is 0 Å². The minimum absolute atomic E-state index is 0.241. The first kappa shape index (κ1) is 21.9. The molecule has 0 aromatic heterocycles. The first-order valence-corrected chi connectivity index (χ1v) is 8.95.